The quantitative estimate of drug-likeness (QED) is 0.549. The Morgan fingerprint density at radius 2 is 2.00 bits per heavy atom. The first-order valence-electron chi connectivity index (χ1n) is 5.93. The third-order valence-corrected chi connectivity index (χ3v) is 2.62. The summed E-state index contributed by atoms with van der Waals surface area (Å²) in [6.45, 7) is 4.10. The molecule has 18 heavy (non-hydrogen) atoms. The van der Waals surface area contributed by atoms with E-state index in [0.29, 0.717) is 23.7 Å². The number of rotatable bonds is 5. The summed E-state index contributed by atoms with van der Waals surface area (Å²) in [6, 6.07) is 4.84. The SMILES string of the molecule is COC(=O)C(CC(C)C)Nc1ccc(N)c(N)c1. The zero-order chi connectivity index (χ0) is 13.7. The molecule has 0 aliphatic carbocycles. The van der Waals surface area contributed by atoms with E-state index in [4.69, 9.17) is 16.2 Å². The molecule has 0 spiro atoms. The van der Waals surface area contributed by atoms with Crippen molar-refractivity contribution in [2.24, 2.45) is 5.92 Å². The lowest BCUT2D eigenvalue weighted by Crippen LogP contribution is -2.32. The highest BCUT2D eigenvalue weighted by Gasteiger charge is 2.20. The molecule has 5 nitrogen and oxygen atoms in total. The average Bonchev–Trinajstić information content (AvgIpc) is 2.31. The van der Waals surface area contributed by atoms with Crippen molar-refractivity contribution in [3.63, 3.8) is 0 Å². The fourth-order valence-corrected chi connectivity index (χ4v) is 1.69. The Hall–Kier alpha value is -1.91. The van der Waals surface area contributed by atoms with Gasteiger partial charge in [0, 0.05) is 5.69 Å². The van der Waals surface area contributed by atoms with E-state index in [2.05, 4.69) is 19.2 Å². The number of carbonyl (C=O) groups excluding carboxylic acids is 1. The van der Waals surface area contributed by atoms with Crippen molar-refractivity contribution >= 4 is 23.0 Å². The molecule has 0 saturated heterocycles. The van der Waals surface area contributed by atoms with Gasteiger partial charge in [-0.3, -0.25) is 0 Å². The molecule has 1 aromatic carbocycles. The van der Waals surface area contributed by atoms with E-state index in [9.17, 15) is 4.79 Å². The van der Waals surface area contributed by atoms with Crippen LogP contribution in [0, 0.1) is 5.92 Å². The molecule has 5 N–H and O–H groups in total. The number of anilines is 3. The van der Waals surface area contributed by atoms with Crippen molar-refractivity contribution in [2.75, 3.05) is 23.9 Å². The number of nitrogen functional groups attached to an aromatic ring is 2. The van der Waals surface area contributed by atoms with Gasteiger partial charge in [0.2, 0.25) is 0 Å². The van der Waals surface area contributed by atoms with Crippen LogP contribution in [-0.2, 0) is 9.53 Å². The van der Waals surface area contributed by atoms with Crippen LogP contribution in [0.1, 0.15) is 20.3 Å². The Morgan fingerprint density at radius 3 is 2.50 bits per heavy atom. The van der Waals surface area contributed by atoms with Crippen molar-refractivity contribution in [3.8, 4) is 0 Å². The highest BCUT2D eigenvalue weighted by atomic mass is 16.5. The van der Waals surface area contributed by atoms with E-state index >= 15 is 0 Å². The van der Waals surface area contributed by atoms with E-state index in [-0.39, 0.29) is 12.0 Å². The van der Waals surface area contributed by atoms with Crippen molar-refractivity contribution in [3.05, 3.63) is 18.2 Å². The molecule has 1 atom stereocenters. The normalized spacial score (nSPS) is 12.2. The molecule has 0 aliphatic rings. The summed E-state index contributed by atoms with van der Waals surface area (Å²) in [4.78, 5) is 11.7. The molecular weight excluding hydrogens is 230 g/mol. The predicted molar refractivity (Wildman–Crippen MR) is 74.1 cm³/mol. The van der Waals surface area contributed by atoms with Gasteiger partial charge in [-0.25, -0.2) is 4.79 Å². The summed E-state index contributed by atoms with van der Waals surface area (Å²) in [5.41, 5.74) is 13.1. The number of benzene rings is 1. The van der Waals surface area contributed by atoms with Gasteiger partial charge in [-0.1, -0.05) is 13.8 Å². The van der Waals surface area contributed by atoms with Gasteiger partial charge in [-0.2, -0.15) is 0 Å². The minimum atomic E-state index is -0.377. The van der Waals surface area contributed by atoms with Crippen LogP contribution in [0.15, 0.2) is 18.2 Å². The van der Waals surface area contributed by atoms with Crippen LogP contribution < -0.4 is 16.8 Å². The predicted octanol–water partition coefficient (Wildman–Crippen LogP) is 1.85. The summed E-state index contributed by atoms with van der Waals surface area (Å²) in [6.07, 6.45) is 0.691. The Labute approximate surface area is 107 Å². The lowest BCUT2D eigenvalue weighted by Gasteiger charge is -2.19. The third kappa shape index (κ3) is 3.84. The number of nitrogens with one attached hydrogen (secondary N) is 1. The molecule has 0 heterocycles. The summed E-state index contributed by atoms with van der Waals surface area (Å²) < 4.78 is 4.78. The van der Waals surface area contributed by atoms with E-state index in [0.717, 1.165) is 5.69 Å². The Morgan fingerprint density at radius 1 is 1.33 bits per heavy atom. The van der Waals surface area contributed by atoms with Crippen LogP contribution >= 0.6 is 0 Å². The number of hydrogen-bond acceptors (Lipinski definition) is 5. The maximum absolute atomic E-state index is 11.7. The second-order valence-corrected chi connectivity index (χ2v) is 4.69. The van der Waals surface area contributed by atoms with E-state index in [1.54, 1.807) is 18.2 Å². The average molecular weight is 251 g/mol. The van der Waals surface area contributed by atoms with E-state index in [1.807, 2.05) is 0 Å². The second-order valence-electron chi connectivity index (χ2n) is 4.69. The van der Waals surface area contributed by atoms with Crippen LogP contribution in [0.3, 0.4) is 0 Å². The van der Waals surface area contributed by atoms with Crippen LogP contribution in [0.25, 0.3) is 0 Å². The summed E-state index contributed by atoms with van der Waals surface area (Å²) in [5.74, 6) is 0.104. The molecule has 1 unspecified atom stereocenters. The molecule has 0 saturated carbocycles. The van der Waals surface area contributed by atoms with E-state index in [1.165, 1.54) is 7.11 Å². The van der Waals surface area contributed by atoms with Crippen molar-refractivity contribution in [1.29, 1.82) is 0 Å². The van der Waals surface area contributed by atoms with Crippen molar-refractivity contribution < 1.29 is 9.53 Å². The summed E-state index contributed by atoms with van der Waals surface area (Å²) in [5, 5.41) is 3.12. The third-order valence-electron chi connectivity index (χ3n) is 2.62. The number of hydrogen-bond donors (Lipinski definition) is 3. The lowest BCUT2D eigenvalue weighted by molar-refractivity contribution is -0.141. The lowest BCUT2D eigenvalue weighted by atomic mass is 10.0. The van der Waals surface area contributed by atoms with Gasteiger partial charge >= 0.3 is 5.97 Å². The summed E-state index contributed by atoms with van der Waals surface area (Å²) in [7, 11) is 1.38. The topological polar surface area (TPSA) is 90.4 Å². The summed E-state index contributed by atoms with van der Waals surface area (Å²) >= 11 is 0. The molecule has 100 valence electrons. The number of methoxy groups -OCH3 is 1. The zero-order valence-electron chi connectivity index (χ0n) is 11.1. The smallest absolute Gasteiger partial charge is 0.328 e. The second kappa shape index (κ2) is 6.14. The number of esters is 1. The highest BCUT2D eigenvalue weighted by molar-refractivity contribution is 5.80. The van der Waals surface area contributed by atoms with Crippen LogP contribution in [0.4, 0.5) is 17.1 Å². The van der Waals surface area contributed by atoms with Crippen molar-refractivity contribution in [1.82, 2.24) is 0 Å². The number of carbonyl (C=O) groups is 1. The van der Waals surface area contributed by atoms with Gasteiger partial charge < -0.3 is 21.5 Å². The fraction of sp³-hybridized carbons (Fsp3) is 0.462. The fourth-order valence-electron chi connectivity index (χ4n) is 1.69. The first-order valence-corrected chi connectivity index (χ1v) is 5.93. The largest absolute Gasteiger partial charge is 0.467 e. The highest BCUT2D eigenvalue weighted by Crippen LogP contribution is 2.21. The molecule has 0 aromatic heterocycles. The van der Waals surface area contributed by atoms with Crippen LogP contribution in [0.5, 0.6) is 0 Å². The molecular formula is C13H21N3O2. The zero-order valence-corrected chi connectivity index (χ0v) is 11.1. The molecule has 1 rings (SSSR count). The first kappa shape index (κ1) is 14.2. The number of ether oxygens (including phenoxy) is 1. The van der Waals surface area contributed by atoms with Gasteiger partial charge in [-0.05, 0) is 30.5 Å². The van der Waals surface area contributed by atoms with Gasteiger partial charge in [0.05, 0.1) is 18.5 Å². The molecule has 0 fully saturated rings. The molecule has 0 aliphatic heterocycles. The molecule has 0 bridgehead atoms. The Kier molecular flexibility index (Phi) is 4.83. The maximum atomic E-state index is 11.7. The monoisotopic (exact) mass is 251 g/mol. The minimum Gasteiger partial charge on any atom is -0.467 e. The molecule has 0 radical (unpaired) electrons. The van der Waals surface area contributed by atoms with Crippen LogP contribution in [-0.4, -0.2) is 19.1 Å². The van der Waals surface area contributed by atoms with Gasteiger partial charge in [-0.15, -0.1) is 0 Å². The maximum Gasteiger partial charge on any atom is 0.328 e. The Bertz CT molecular complexity index is 419. The van der Waals surface area contributed by atoms with Gasteiger partial charge in [0.1, 0.15) is 6.04 Å². The van der Waals surface area contributed by atoms with E-state index < -0.39 is 0 Å². The molecule has 1 aromatic rings. The molecule has 0 amide bonds. The Balaban J connectivity index is 2.81. The van der Waals surface area contributed by atoms with Gasteiger partial charge in [0.15, 0.2) is 0 Å². The first-order chi connectivity index (χ1) is 8.43. The van der Waals surface area contributed by atoms with Crippen LogP contribution in [0.2, 0.25) is 0 Å². The standard InChI is InChI=1S/C13H21N3O2/c1-8(2)6-12(13(17)18-3)16-9-4-5-10(14)11(15)7-9/h4-5,7-8,12,16H,6,14-15H2,1-3H3. The minimum absolute atomic E-state index is 0.279. The number of nitrogens with two attached hydrogens (primary N) is 2. The molecule has 5 heteroatoms. The van der Waals surface area contributed by atoms with Crippen molar-refractivity contribution in [2.45, 2.75) is 26.3 Å². The van der Waals surface area contributed by atoms with Gasteiger partial charge in [0.25, 0.3) is 0 Å².